The molecule has 15 nitrogen and oxygen atoms in total. The third-order valence-electron chi connectivity index (χ3n) is 10.1. The lowest BCUT2D eigenvalue weighted by atomic mass is 10.0. The summed E-state index contributed by atoms with van der Waals surface area (Å²) in [6, 6.07) is 8.00. The highest BCUT2D eigenvalue weighted by Crippen LogP contribution is 2.32. The number of amides is 6. The maximum Gasteiger partial charge on any atom is 0.407 e. The Morgan fingerprint density at radius 2 is 1.41 bits per heavy atom. The van der Waals surface area contributed by atoms with Crippen molar-refractivity contribution in [2.75, 3.05) is 37.9 Å². The normalized spacial score (nSPS) is 18.1. The van der Waals surface area contributed by atoms with Crippen LogP contribution >= 0.6 is 0 Å². The first kappa shape index (κ1) is 39.5. The molecule has 2 aliphatic rings. The van der Waals surface area contributed by atoms with Crippen LogP contribution in [0.4, 0.5) is 25.4 Å². The monoisotopic (exact) mass is 749 g/mol. The highest BCUT2D eigenvalue weighted by Gasteiger charge is 2.41. The Morgan fingerprint density at radius 1 is 0.852 bits per heavy atom. The molecule has 5 rings (SSSR count). The first-order valence-electron chi connectivity index (χ1n) is 18.1. The molecule has 0 aliphatic carbocycles. The van der Waals surface area contributed by atoms with E-state index in [1.54, 1.807) is 64.1 Å². The molecule has 16 heteroatoms. The standard InChI is InChI=1S/C38H48FN7O8/c1-20(2)30(43-37(51)54-6)35(49)45-17-7-9-27(45)34(48)41-24-15-16-26-25(19-24)29(39)31(42-26)22-11-13-23(14-12-22)40-33(47)28-10-8-18-46(28)36(50)32(21(3)4)44(5)38(52)53/h11-16,19-21,27-28,30,32,42H,7-10,17-18H2,1-6H3,(H,40,47)(H,41,48)(H,43,51)(H,52,53)/t27-,28-,30-,32-/m0/s1. The summed E-state index contributed by atoms with van der Waals surface area (Å²) < 4.78 is 20.5. The van der Waals surface area contributed by atoms with Crippen LogP contribution in [0.1, 0.15) is 53.4 Å². The molecule has 2 fully saturated rings. The predicted octanol–water partition coefficient (Wildman–Crippen LogP) is 4.85. The second kappa shape index (κ2) is 16.6. The number of nitrogens with zero attached hydrogens (tertiary/aromatic N) is 3. The molecule has 3 aromatic rings. The minimum absolute atomic E-state index is 0.201. The summed E-state index contributed by atoms with van der Waals surface area (Å²) in [5.41, 5.74) is 1.97. The number of carbonyl (C=O) groups is 6. The third-order valence-corrected chi connectivity index (χ3v) is 10.1. The third kappa shape index (κ3) is 8.26. The Morgan fingerprint density at radius 3 is 1.94 bits per heavy atom. The number of anilines is 2. The number of rotatable bonds is 11. The number of fused-ring (bicyclic) bond motifs is 1. The van der Waals surface area contributed by atoms with Crippen LogP contribution in [0.5, 0.6) is 0 Å². The minimum atomic E-state index is -1.23. The van der Waals surface area contributed by atoms with E-state index in [1.165, 1.54) is 30.0 Å². The van der Waals surface area contributed by atoms with Crippen molar-refractivity contribution in [1.82, 2.24) is 25.0 Å². The van der Waals surface area contributed by atoms with Crippen LogP contribution in [0.2, 0.25) is 0 Å². The van der Waals surface area contributed by atoms with Crippen LogP contribution < -0.4 is 16.0 Å². The molecule has 5 N–H and O–H groups in total. The Bertz CT molecular complexity index is 1910. The van der Waals surface area contributed by atoms with E-state index < -0.39 is 59.9 Å². The highest BCUT2D eigenvalue weighted by molar-refractivity contribution is 6.01. The van der Waals surface area contributed by atoms with Gasteiger partial charge in [-0.05, 0) is 67.9 Å². The van der Waals surface area contributed by atoms with Crippen molar-refractivity contribution >= 4 is 58.1 Å². The number of likely N-dealkylation sites (tertiary alicyclic amines) is 2. The number of carbonyl (C=O) groups excluding carboxylic acids is 5. The largest absolute Gasteiger partial charge is 0.465 e. The van der Waals surface area contributed by atoms with E-state index in [-0.39, 0.29) is 28.8 Å². The van der Waals surface area contributed by atoms with Gasteiger partial charge in [0, 0.05) is 48.0 Å². The number of benzene rings is 2. The second-order valence-corrected chi connectivity index (χ2v) is 14.4. The summed E-state index contributed by atoms with van der Waals surface area (Å²) in [7, 11) is 2.56. The molecule has 2 aliphatic heterocycles. The van der Waals surface area contributed by atoms with Gasteiger partial charge in [-0.15, -0.1) is 0 Å². The van der Waals surface area contributed by atoms with Crippen LogP contribution in [0, 0.1) is 17.7 Å². The van der Waals surface area contributed by atoms with Gasteiger partial charge in [-0.25, -0.2) is 14.0 Å². The molecule has 6 amide bonds. The summed E-state index contributed by atoms with van der Waals surface area (Å²) in [6.45, 7) is 7.78. The topological polar surface area (TPSA) is 193 Å². The van der Waals surface area contributed by atoms with Crippen LogP contribution in [-0.4, -0.2) is 112 Å². The summed E-state index contributed by atoms with van der Waals surface area (Å²) in [5.74, 6) is -2.71. The summed E-state index contributed by atoms with van der Waals surface area (Å²) in [4.78, 5) is 84.0. The number of H-pyrrole nitrogens is 1. The lowest BCUT2D eigenvalue weighted by molar-refractivity contribution is -0.141. The molecular weight excluding hydrogens is 701 g/mol. The summed E-state index contributed by atoms with van der Waals surface area (Å²) >= 11 is 0. The van der Waals surface area contributed by atoms with Gasteiger partial charge in [0.1, 0.15) is 24.2 Å². The quantitative estimate of drug-likeness (QED) is 0.184. The average molecular weight is 750 g/mol. The number of nitrogens with one attached hydrogen (secondary N) is 4. The molecule has 290 valence electrons. The van der Waals surface area contributed by atoms with E-state index in [2.05, 4.69) is 25.7 Å². The Hall–Kier alpha value is -5.67. The van der Waals surface area contributed by atoms with E-state index in [0.717, 1.165) is 4.90 Å². The molecule has 3 heterocycles. The van der Waals surface area contributed by atoms with E-state index in [1.807, 2.05) is 0 Å². The maximum atomic E-state index is 15.9. The molecule has 4 atom stereocenters. The van der Waals surface area contributed by atoms with E-state index in [4.69, 9.17) is 0 Å². The van der Waals surface area contributed by atoms with Crippen LogP contribution in [-0.2, 0) is 23.9 Å². The van der Waals surface area contributed by atoms with Crippen molar-refractivity contribution < 1.29 is 43.0 Å². The number of carboxylic acid groups (broad SMARTS) is 1. The van der Waals surface area contributed by atoms with Crippen molar-refractivity contribution in [3.63, 3.8) is 0 Å². The second-order valence-electron chi connectivity index (χ2n) is 14.4. The number of halogens is 1. The zero-order chi connectivity index (χ0) is 39.4. The number of aromatic nitrogens is 1. The first-order chi connectivity index (χ1) is 25.6. The van der Waals surface area contributed by atoms with E-state index in [9.17, 15) is 33.9 Å². The zero-order valence-corrected chi connectivity index (χ0v) is 31.3. The molecule has 1 aromatic heterocycles. The zero-order valence-electron chi connectivity index (χ0n) is 31.3. The SMILES string of the molecule is COC(=O)N[C@H](C(=O)N1CCC[C@H]1C(=O)Nc1ccc2[nH]c(-c3ccc(NC(=O)[C@@H]4CCCN4C(=O)[C@H](C(C)C)N(C)C(=O)O)cc3)c(F)c2c1)C(C)C. The van der Waals surface area contributed by atoms with Crippen molar-refractivity contribution in [3.8, 4) is 11.3 Å². The van der Waals surface area contributed by atoms with Gasteiger partial charge in [0.05, 0.1) is 12.8 Å². The number of methoxy groups -OCH3 is 1. The lowest BCUT2D eigenvalue weighted by Crippen LogP contribution is -2.54. The van der Waals surface area contributed by atoms with Gasteiger partial charge in [0.2, 0.25) is 23.6 Å². The molecule has 0 spiro atoms. The maximum absolute atomic E-state index is 15.9. The van der Waals surface area contributed by atoms with Gasteiger partial charge in [-0.2, -0.15) is 0 Å². The van der Waals surface area contributed by atoms with Crippen molar-refractivity contribution in [2.45, 2.75) is 77.5 Å². The number of hydrogen-bond acceptors (Lipinski definition) is 7. The van der Waals surface area contributed by atoms with Crippen molar-refractivity contribution in [1.29, 1.82) is 0 Å². The number of aromatic amines is 1. The van der Waals surface area contributed by atoms with Gasteiger partial charge < -0.3 is 40.6 Å². The Balaban J connectivity index is 1.26. The highest BCUT2D eigenvalue weighted by atomic mass is 19.1. The minimum Gasteiger partial charge on any atom is -0.465 e. The molecule has 0 saturated carbocycles. The van der Waals surface area contributed by atoms with Crippen molar-refractivity contribution in [2.24, 2.45) is 11.8 Å². The van der Waals surface area contributed by atoms with Gasteiger partial charge in [-0.1, -0.05) is 39.8 Å². The van der Waals surface area contributed by atoms with Gasteiger partial charge >= 0.3 is 12.2 Å². The molecule has 0 radical (unpaired) electrons. The predicted molar refractivity (Wildman–Crippen MR) is 199 cm³/mol. The number of likely N-dealkylation sites (N-methyl/N-ethyl adjacent to an activating group) is 1. The van der Waals surface area contributed by atoms with Crippen molar-refractivity contribution in [3.05, 3.63) is 48.3 Å². The van der Waals surface area contributed by atoms with E-state index in [0.29, 0.717) is 61.2 Å². The fraction of sp³-hybridized carbons (Fsp3) is 0.474. The number of hydrogen-bond donors (Lipinski definition) is 5. The molecule has 2 saturated heterocycles. The molecular formula is C38H48FN7O8. The Labute approximate surface area is 312 Å². The van der Waals surface area contributed by atoms with E-state index >= 15 is 4.39 Å². The fourth-order valence-corrected chi connectivity index (χ4v) is 7.28. The number of ether oxygens (including phenoxy) is 1. The van der Waals surface area contributed by atoms with Gasteiger partial charge in [0.25, 0.3) is 0 Å². The van der Waals surface area contributed by atoms with Gasteiger partial charge in [-0.3, -0.25) is 24.1 Å². The summed E-state index contributed by atoms with van der Waals surface area (Å²) in [6.07, 6.45) is 0.107. The first-order valence-corrected chi connectivity index (χ1v) is 18.1. The average Bonchev–Trinajstić information content (AvgIpc) is 3.90. The molecule has 54 heavy (non-hydrogen) atoms. The smallest absolute Gasteiger partial charge is 0.407 e. The Kier molecular flexibility index (Phi) is 12.1. The van der Waals surface area contributed by atoms with Crippen LogP contribution in [0.3, 0.4) is 0 Å². The van der Waals surface area contributed by atoms with Crippen LogP contribution in [0.15, 0.2) is 42.5 Å². The molecule has 2 aromatic carbocycles. The molecule has 0 bridgehead atoms. The number of alkyl carbamates (subject to hydrolysis) is 1. The lowest BCUT2D eigenvalue weighted by Gasteiger charge is -2.33. The van der Waals surface area contributed by atoms with Crippen LogP contribution in [0.25, 0.3) is 22.2 Å². The molecule has 0 unspecified atom stereocenters. The summed E-state index contributed by atoms with van der Waals surface area (Å²) in [5, 5.41) is 17.9. The van der Waals surface area contributed by atoms with Gasteiger partial charge in [0.15, 0.2) is 5.82 Å². The fourth-order valence-electron chi connectivity index (χ4n) is 7.28.